The summed E-state index contributed by atoms with van der Waals surface area (Å²) in [6.45, 7) is 0. The van der Waals surface area contributed by atoms with Crippen molar-refractivity contribution in [1.82, 2.24) is 5.32 Å². The van der Waals surface area contributed by atoms with Crippen LogP contribution in [0.15, 0.2) is 36.4 Å². The maximum absolute atomic E-state index is 13.6. The quantitative estimate of drug-likeness (QED) is 0.820. The molecule has 25 heavy (non-hydrogen) atoms. The lowest BCUT2D eigenvalue weighted by Gasteiger charge is -2.15. The average Bonchev–Trinajstić information content (AvgIpc) is 2.54. The number of carbonyl (C=O) groups is 2. The smallest absolute Gasteiger partial charge is 0.326 e. The Morgan fingerprint density at radius 2 is 1.96 bits per heavy atom. The molecule has 8 heteroatoms. The van der Waals surface area contributed by atoms with Crippen LogP contribution in [0.25, 0.3) is 0 Å². The first-order valence-electron chi connectivity index (χ1n) is 7.13. The van der Waals surface area contributed by atoms with E-state index in [4.69, 9.17) is 16.3 Å². The normalized spacial score (nSPS) is 11.7. The van der Waals surface area contributed by atoms with Gasteiger partial charge in [-0.2, -0.15) is 0 Å². The van der Waals surface area contributed by atoms with Crippen molar-refractivity contribution >= 4 is 23.5 Å². The molecule has 0 saturated heterocycles. The summed E-state index contributed by atoms with van der Waals surface area (Å²) in [6, 6.07) is 5.78. The first kappa shape index (κ1) is 18.7. The molecule has 0 fully saturated rings. The number of nitrogens with one attached hydrogen (secondary N) is 1. The highest BCUT2D eigenvalue weighted by Gasteiger charge is 2.23. The zero-order valence-corrected chi connectivity index (χ0v) is 13.8. The van der Waals surface area contributed by atoms with E-state index >= 15 is 0 Å². The Balaban J connectivity index is 2.17. The Morgan fingerprint density at radius 3 is 2.52 bits per heavy atom. The van der Waals surface area contributed by atoms with Crippen LogP contribution >= 0.6 is 11.6 Å². The lowest BCUT2D eigenvalue weighted by atomic mass is 10.0. The number of hydrogen-bond acceptors (Lipinski definition) is 3. The van der Waals surface area contributed by atoms with Crippen LogP contribution in [0, 0.1) is 11.6 Å². The van der Waals surface area contributed by atoms with Gasteiger partial charge in [0.2, 0.25) is 0 Å². The number of rotatable bonds is 6. The van der Waals surface area contributed by atoms with Crippen molar-refractivity contribution in [2.24, 2.45) is 0 Å². The van der Waals surface area contributed by atoms with Crippen LogP contribution in [-0.4, -0.2) is 30.1 Å². The molecule has 2 N–H and O–H groups in total. The number of halogens is 3. The predicted octanol–water partition coefficient (Wildman–Crippen LogP) is 3.05. The van der Waals surface area contributed by atoms with E-state index in [0.29, 0.717) is 22.4 Å². The molecule has 0 unspecified atom stereocenters. The number of hydrogen-bond donors (Lipinski definition) is 2. The molecule has 0 aromatic heterocycles. The Hall–Kier alpha value is -2.67. The molecule has 2 rings (SSSR count). The van der Waals surface area contributed by atoms with E-state index in [1.807, 2.05) is 0 Å². The van der Waals surface area contributed by atoms with Gasteiger partial charge in [0.25, 0.3) is 5.91 Å². The van der Waals surface area contributed by atoms with Crippen LogP contribution in [0.5, 0.6) is 5.75 Å². The first-order valence-corrected chi connectivity index (χ1v) is 7.50. The van der Waals surface area contributed by atoms with E-state index in [-0.39, 0.29) is 6.42 Å². The van der Waals surface area contributed by atoms with E-state index in [1.54, 1.807) is 12.1 Å². The van der Waals surface area contributed by atoms with Crippen LogP contribution in [0.3, 0.4) is 0 Å². The molecular formula is C17H14ClF2NO4. The third-order valence-corrected chi connectivity index (χ3v) is 3.73. The van der Waals surface area contributed by atoms with Gasteiger partial charge in [0.15, 0.2) is 0 Å². The third kappa shape index (κ3) is 4.67. The molecule has 0 heterocycles. The molecule has 0 radical (unpaired) electrons. The molecule has 0 bridgehead atoms. The number of benzene rings is 2. The van der Waals surface area contributed by atoms with Gasteiger partial charge < -0.3 is 15.2 Å². The van der Waals surface area contributed by atoms with Crippen LogP contribution in [0.2, 0.25) is 5.02 Å². The van der Waals surface area contributed by atoms with Crippen molar-refractivity contribution in [1.29, 1.82) is 0 Å². The molecule has 1 atom stereocenters. The van der Waals surface area contributed by atoms with Gasteiger partial charge in [-0.25, -0.2) is 13.6 Å². The maximum atomic E-state index is 13.6. The minimum Gasteiger partial charge on any atom is -0.495 e. The summed E-state index contributed by atoms with van der Waals surface area (Å²) in [5.74, 6) is -3.74. The Morgan fingerprint density at radius 1 is 1.24 bits per heavy atom. The van der Waals surface area contributed by atoms with E-state index in [2.05, 4.69) is 5.32 Å². The molecule has 2 aromatic carbocycles. The van der Waals surface area contributed by atoms with Crippen molar-refractivity contribution in [3.05, 3.63) is 64.2 Å². The van der Waals surface area contributed by atoms with Crippen LogP contribution in [-0.2, 0) is 11.2 Å². The standard InChI is InChI=1S/C17H14ClF2NO4/c1-25-15-5-2-9(6-12(15)18)7-14(17(23)24)21-16(22)11-4-3-10(19)8-13(11)20/h2-6,8,14H,7H2,1H3,(H,21,22)(H,23,24)/t14-/m1/s1. The van der Waals surface area contributed by atoms with Crippen molar-refractivity contribution < 1.29 is 28.2 Å². The molecule has 0 aliphatic rings. The van der Waals surface area contributed by atoms with E-state index < -0.39 is 35.1 Å². The molecule has 0 aliphatic heterocycles. The molecule has 0 saturated carbocycles. The summed E-state index contributed by atoms with van der Waals surface area (Å²) < 4.78 is 31.5. The molecule has 2 aromatic rings. The Labute approximate surface area is 147 Å². The number of carboxylic acids is 1. The number of aliphatic carboxylic acids is 1. The fraction of sp³-hybridized carbons (Fsp3) is 0.176. The van der Waals surface area contributed by atoms with Crippen LogP contribution < -0.4 is 10.1 Å². The summed E-state index contributed by atoms with van der Waals surface area (Å²) in [6.07, 6.45) is -0.0758. The average molecular weight is 370 g/mol. The van der Waals surface area contributed by atoms with Crippen molar-refractivity contribution in [2.75, 3.05) is 7.11 Å². The van der Waals surface area contributed by atoms with Gasteiger partial charge in [-0.3, -0.25) is 4.79 Å². The molecule has 0 spiro atoms. The minimum atomic E-state index is -1.32. The number of methoxy groups -OCH3 is 1. The minimum absolute atomic E-state index is 0.0758. The monoisotopic (exact) mass is 369 g/mol. The van der Waals surface area contributed by atoms with Gasteiger partial charge in [-0.15, -0.1) is 0 Å². The Kier molecular flexibility index (Phi) is 5.93. The molecule has 132 valence electrons. The number of amides is 1. The van der Waals surface area contributed by atoms with E-state index in [0.717, 1.165) is 12.1 Å². The zero-order valence-electron chi connectivity index (χ0n) is 13.1. The molecule has 5 nitrogen and oxygen atoms in total. The van der Waals surface area contributed by atoms with Gasteiger partial charge in [-0.05, 0) is 29.8 Å². The topological polar surface area (TPSA) is 75.6 Å². The number of carbonyl (C=O) groups excluding carboxylic acids is 1. The first-order chi connectivity index (χ1) is 11.8. The Bertz CT molecular complexity index is 813. The number of carboxylic acid groups (broad SMARTS) is 1. The highest BCUT2D eigenvalue weighted by Crippen LogP contribution is 2.25. The highest BCUT2D eigenvalue weighted by atomic mass is 35.5. The van der Waals surface area contributed by atoms with Crippen molar-refractivity contribution in [2.45, 2.75) is 12.5 Å². The van der Waals surface area contributed by atoms with Gasteiger partial charge in [0, 0.05) is 12.5 Å². The van der Waals surface area contributed by atoms with Gasteiger partial charge in [-0.1, -0.05) is 17.7 Å². The SMILES string of the molecule is COc1ccc(C[C@@H](NC(=O)c2ccc(F)cc2F)C(=O)O)cc1Cl. The molecule has 1 amide bonds. The fourth-order valence-corrected chi connectivity index (χ4v) is 2.46. The van der Waals surface area contributed by atoms with Crippen molar-refractivity contribution in [3.8, 4) is 5.75 Å². The largest absolute Gasteiger partial charge is 0.495 e. The lowest BCUT2D eigenvalue weighted by Crippen LogP contribution is -2.42. The fourth-order valence-electron chi connectivity index (χ4n) is 2.18. The second-order valence-corrected chi connectivity index (χ2v) is 5.57. The van der Waals surface area contributed by atoms with Crippen molar-refractivity contribution in [3.63, 3.8) is 0 Å². The summed E-state index contributed by atoms with van der Waals surface area (Å²) >= 11 is 5.98. The summed E-state index contributed by atoms with van der Waals surface area (Å²) in [5, 5.41) is 11.8. The second-order valence-electron chi connectivity index (χ2n) is 5.16. The van der Waals surface area contributed by atoms with Gasteiger partial charge in [0.1, 0.15) is 23.4 Å². The lowest BCUT2D eigenvalue weighted by molar-refractivity contribution is -0.139. The van der Waals surface area contributed by atoms with E-state index in [9.17, 15) is 23.5 Å². The predicted molar refractivity (Wildman–Crippen MR) is 87.0 cm³/mol. The zero-order chi connectivity index (χ0) is 18.6. The highest BCUT2D eigenvalue weighted by molar-refractivity contribution is 6.32. The summed E-state index contributed by atoms with van der Waals surface area (Å²) in [7, 11) is 1.44. The third-order valence-electron chi connectivity index (χ3n) is 3.44. The van der Waals surface area contributed by atoms with Gasteiger partial charge in [0.05, 0.1) is 17.7 Å². The summed E-state index contributed by atoms with van der Waals surface area (Å²) in [4.78, 5) is 23.5. The second kappa shape index (κ2) is 7.94. The number of ether oxygens (including phenoxy) is 1. The maximum Gasteiger partial charge on any atom is 0.326 e. The van der Waals surface area contributed by atoms with Crippen LogP contribution in [0.1, 0.15) is 15.9 Å². The molecule has 0 aliphatic carbocycles. The van der Waals surface area contributed by atoms with Crippen LogP contribution in [0.4, 0.5) is 8.78 Å². The van der Waals surface area contributed by atoms with Gasteiger partial charge >= 0.3 is 5.97 Å². The summed E-state index contributed by atoms with van der Waals surface area (Å²) in [5.41, 5.74) is 0.0958. The van der Waals surface area contributed by atoms with E-state index in [1.165, 1.54) is 13.2 Å². The molecular weight excluding hydrogens is 356 g/mol.